The topological polar surface area (TPSA) is 111 Å². The minimum absolute atomic E-state index is 0.137. The van der Waals surface area contributed by atoms with Gasteiger partial charge in [-0.15, -0.1) is 0 Å². The van der Waals surface area contributed by atoms with Gasteiger partial charge in [-0.1, -0.05) is 47.5 Å². The molecule has 0 aliphatic carbocycles. The van der Waals surface area contributed by atoms with E-state index in [0.29, 0.717) is 92.5 Å². The van der Waals surface area contributed by atoms with Crippen LogP contribution in [0.15, 0.2) is 60.8 Å². The van der Waals surface area contributed by atoms with Gasteiger partial charge in [0.25, 0.3) is 0 Å². The van der Waals surface area contributed by atoms with Gasteiger partial charge in [0.05, 0.1) is 47.8 Å². The van der Waals surface area contributed by atoms with Gasteiger partial charge in [-0.05, 0) is 43.2 Å². The van der Waals surface area contributed by atoms with Crippen molar-refractivity contribution in [3.63, 3.8) is 0 Å². The maximum absolute atomic E-state index is 12.1. The second-order valence-corrected chi connectivity index (χ2v) is 10.6. The minimum atomic E-state index is -1.000. The van der Waals surface area contributed by atoms with Crippen LogP contribution in [0.4, 0.5) is 4.79 Å². The predicted molar refractivity (Wildman–Crippen MR) is 164 cm³/mol. The summed E-state index contributed by atoms with van der Waals surface area (Å²) in [7, 11) is 2.99. The molecule has 2 aromatic heterocycles. The van der Waals surface area contributed by atoms with Crippen LogP contribution in [-0.4, -0.2) is 65.8 Å². The summed E-state index contributed by atoms with van der Waals surface area (Å²) in [6, 6.07) is 15.9. The van der Waals surface area contributed by atoms with E-state index in [-0.39, 0.29) is 12.6 Å². The van der Waals surface area contributed by atoms with E-state index in [0.717, 1.165) is 6.29 Å². The number of carboxylic acid groups (broad SMARTS) is 1. The summed E-state index contributed by atoms with van der Waals surface area (Å²) in [6.07, 6.45) is 2.64. The van der Waals surface area contributed by atoms with E-state index in [4.69, 9.17) is 42.4 Å². The summed E-state index contributed by atoms with van der Waals surface area (Å²) < 4.78 is 16.3. The van der Waals surface area contributed by atoms with Crippen molar-refractivity contribution in [1.82, 2.24) is 14.9 Å². The van der Waals surface area contributed by atoms with Gasteiger partial charge < -0.3 is 24.2 Å². The van der Waals surface area contributed by atoms with Crippen LogP contribution in [0, 0.1) is 0 Å². The molecule has 0 saturated carbocycles. The first kappa shape index (κ1) is 30.3. The predicted octanol–water partition coefficient (Wildman–Crippen LogP) is 7.27. The number of methoxy groups -OCH3 is 2. The van der Waals surface area contributed by atoms with E-state index in [1.807, 2.05) is 24.3 Å². The zero-order chi connectivity index (χ0) is 30.5. The highest BCUT2D eigenvalue weighted by Crippen LogP contribution is 2.42. The number of amides is 1. The molecular formula is C32H29Cl2N3O6. The molecule has 1 saturated heterocycles. The number of rotatable bonds is 9. The molecule has 222 valence electrons. The van der Waals surface area contributed by atoms with Crippen LogP contribution in [0.1, 0.15) is 28.8 Å². The van der Waals surface area contributed by atoms with Crippen molar-refractivity contribution in [2.75, 3.05) is 27.4 Å². The molecule has 43 heavy (non-hydrogen) atoms. The maximum Gasteiger partial charge on any atom is 0.407 e. The van der Waals surface area contributed by atoms with E-state index < -0.39 is 6.09 Å². The molecule has 1 aliphatic heterocycles. The molecule has 5 rings (SSSR count). The average molecular weight is 623 g/mol. The van der Waals surface area contributed by atoms with Crippen molar-refractivity contribution < 1.29 is 28.9 Å². The Morgan fingerprint density at radius 2 is 1.77 bits per heavy atom. The number of aldehydes is 1. The third-order valence-electron chi connectivity index (χ3n) is 7.44. The SMILES string of the molecule is COc1cc(-c2nccc(-c3cccc(-c4ccc(CN(C(=O)O)C5CCOCC5)c(OC)n4)c3Cl)c2Cl)ccc1C=O. The molecule has 1 fully saturated rings. The Morgan fingerprint density at radius 3 is 2.47 bits per heavy atom. The van der Waals surface area contributed by atoms with E-state index in [1.165, 1.54) is 19.1 Å². The highest BCUT2D eigenvalue weighted by Gasteiger charge is 2.27. The molecule has 3 heterocycles. The molecule has 2 aromatic carbocycles. The van der Waals surface area contributed by atoms with Crippen molar-refractivity contribution in [3.8, 4) is 45.3 Å². The number of nitrogens with zero attached hydrogens (tertiary/aromatic N) is 3. The van der Waals surface area contributed by atoms with Gasteiger partial charge in [-0.3, -0.25) is 9.78 Å². The summed E-state index contributed by atoms with van der Waals surface area (Å²) in [5.74, 6) is 0.729. The smallest absolute Gasteiger partial charge is 0.407 e. The lowest BCUT2D eigenvalue weighted by molar-refractivity contribution is 0.0329. The number of halogens is 2. The van der Waals surface area contributed by atoms with Crippen molar-refractivity contribution in [1.29, 1.82) is 0 Å². The Labute approximate surface area is 259 Å². The van der Waals surface area contributed by atoms with Crippen molar-refractivity contribution in [2.24, 2.45) is 0 Å². The summed E-state index contributed by atoms with van der Waals surface area (Å²) in [5.41, 5.74) is 4.79. The highest BCUT2D eigenvalue weighted by atomic mass is 35.5. The molecule has 1 aliphatic rings. The van der Waals surface area contributed by atoms with Crippen LogP contribution in [-0.2, 0) is 11.3 Å². The molecule has 0 spiro atoms. The van der Waals surface area contributed by atoms with Gasteiger partial charge in [-0.25, -0.2) is 9.78 Å². The van der Waals surface area contributed by atoms with Gasteiger partial charge >= 0.3 is 6.09 Å². The Balaban J connectivity index is 1.49. The van der Waals surface area contributed by atoms with Crippen LogP contribution in [0.3, 0.4) is 0 Å². The Kier molecular flexibility index (Phi) is 9.45. The lowest BCUT2D eigenvalue weighted by atomic mass is 9.99. The van der Waals surface area contributed by atoms with Gasteiger partial charge in [0.15, 0.2) is 6.29 Å². The summed E-state index contributed by atoms with van der Waals surface area (Å²) in [4.78, 5) is 34.0. The second-order valence-electron chi connectivity index (χ2n) is 9.88. The molecule has 11 heteroatoms. The van der Waals surface area contributed by atoms with Crippen LogP contribution < -0.4 is 9.47 Å². The number of aromatic nitrogens is 2. The number of carbonyl (C=O) groups excluding carboxylic acids is 1. The molecule has 1 N–H and O–H groups in total. The molecule has 0 unspecified atom stereocenters. The van der Waals surface area contributed by atoms with Gasteiger partial charge in [0, 0.05) is 53.3 Å². The van der Waals surface area contributed by atoms with E-state index in [2.05, 4.69) is 4.98 Å². The maximum atomic E-state index is 12.1. The third kappa shape index (κ3) is 6.29. The molecule has 4 aromatic rings. The fourth-order valence-corrected chi connectivity index (χ4v) is 5.84. The largest absolute Gasteiger partial charge is 0.496 e. The number of benzene rings is 2. The van der Waals surface area contributed by atoms with Crippen molar-refractivity contribution in [2.45, 2.75) is 25.4 Å². The Morgan fingerprint density at radius 1 is 1.02 bits per heavy atom. The quantitative estimate of drug-likeness (QED) is 0.194. The van der Waals surface area contributed by atoms with Crippen molar-refractivity contribution in [3.05, 3.63) is 82.0 Å². The Bertz CT molecular complexity index is 1660. The second kappa shape index (κ2) is 13.4. The van der Waals surface area contributed by atoms with Crippen molar-refractivity contribution >= 4 is 35.6 Å². The number of ether oxygens (including phenoxy) is 3. The van der Waals surface area contributed by atoms with E-state index >= 15 is 0 Å². The van der Waals surface area contributed by atoms with Crippen LogP contribution in [0.5, 0.6) is 11.6 Å². The normalized spacial score (nSPS) is 13.4. The van der Waals surface area contributed by atoms with Crippen LogP contribution in [0.25, 0.3) is 33.6 Å². The monoisotopic (exact) mass is 621 g/mol. The van der Waals surface area contributed by atoms with Gasteiger partial charge in [0.1, 0.15) is 5.75 Å². The van der Waals surface area contributed by atoms with E-state index in [1.54, 1.807) is 36.5 Å². The highest BCUT2D eigenvalue weighted by molar-refractivity contribution is 6.39. The summed E-state index contributed by atoms with van der Waals surface area (Å²) in [6.45, 7) is 1.20. The molecule has 0 atom stereocenters. The summed E-state index contributed by atoms with van der Waals surface area (Å²) in [5, 5.41) is 10.7. The minimum Gasteiger partial charge on any atom is -0.496 e. The fourth-order valence-electron chi connectivity index (χ4n) is 5.20. The first-order valence-corrected chi connectivity index (χ1v) is 14.3. The molecule has 1 amide bonds. The zero-order valence-corrected chi connectivity index (χ0v) is 25.1. The lowest BCUT2D eigenvalue weighted by Gasteiger charge is -2.32. The standard InChI is InChI=1S/C32H29Cl2N3O6/c1-41-27-16-19(6-7-21(27)18-38)30-29(34)24(10-13-35-30)23-4-3-5-25(28(23)33)26-9-8-20(31(36-26)42-2)17-37(32(39)40)22-11-14-43-15-12-22/h3-10,13,16,18,22H,11-12,14-15,17H2,1-2H3,(H,39,40). The Hall–Kier alpha value is -4.18. The zero-order valence-electron chi connectivity index (χ0n) is 23.5. The molecular weight excluding hydrogens is 593 g/mol. The molecule has 0 radical (unpaired) electrons. The summed E-state index contributed by atoms with van der Waals surface area (Å²) >= 11 is 13.9. The van der Waals surface area contributed by atoms with Crippen LogP contribution >= 0.6 is 23.2 Å². The first-order valence-electron chi connectivity index (χ1n) is 13.5. The third-order valence-corrected chi connectivity index (χ3v) is 8.23. The first-order chi connectivity index (χ1) is 20.9. The van der Waals surface area contributed by atoms with Gasteiger partial charge in [-0.2, -0.15) is 0 Å². The lowest BCUT2D eigenvalue weighted by Crippen LogP contribution is -2.42. The molecule has 0 bridgehead atoms. The number of carbonyl (C=O) groups is 2. The van der Waals surface area contributed by atoms with Gasteiger partial charge in [0.2, 0.25) is 5.88 Å². The van der Waals surface area contributed by atoms with Crippen LogP contribution in [0.2, 0.25) is 10.0 Å². The van der Waals surface area contributed by atoms with E-state index in [9.17, 15) is 14.7 Å². The fraction of sp³-hybridized carbons (Fsp3) is 0.250. The average Bonchev–Trinajstić information content (AvgIpc) is 3.04. The number of hydrogen-bond acceptors (Lipinski definition) is 7. The number of hydrogen-bond donors (Lipinski definition) is 1. The molecule has 9 nitrogen and oxygen atoms in total. The number of pyridine rings is 2.